The van der Waals surface area contributed by atoms with Crippen LogP contribution in [0.3, 0.4) is 0 Å². The summed E-state index contributed by atoms with van der Waals surface area (Å²) in [7, 11) is 0. The second-order valence-corrected chi connectivity index (χ2v) is 9.81. The normalized spacial score (nSPS) is 15.1. The summed E-state index contributed by atoms with van der Waals surface area (Å²) in [5, 5.41) is 14.0. The van der Waals surface area contributed by atoms with Crippen LogP contribution in [0.25, 0.3) is 10.9 Å². The van der Waals surface area contributed by atoms with E-state index in [0.717, 1.165) is 53.5 Å². The van der Waals surface area contributed by atoms with Gasteiger partial charge in [-0.1, -0.05) is 30.5 Å². The second kappa shape index (κ2) is 10.1. The first-order valence-electron chi connectivity index (χ1n) is 12.7. The summed E-state index contributed by atoms with van der Waals surface area (Å²) in [6.45, 7) is 3.05. The fraction of sp³-hybridized carbons (Fsp3) is 0.321. The van der Waals surface area contributed by atoms with E-state index >= 15 is 0 Å². The summed E-state index contributed by atoms with van der Waals surface area (Å²) < 4.78 is 7.69. The molecule has 0 spiro atoms. The minimum Gasteiger partial charge on any atom is -0.468 e. The monoisotopic (exact) mass is 495 g/mol. The number of pyridine rings is 2. The lowest BCUT2D eigenvalue weighted by molar-refractivity contribution is 0.176. The Morgan fingerprint density at radius 1 is 1.14 bits per heavy atom. The quantitative estimate of drug-likeness (QED) is 0.332. The summed E-state index contributed by atoms with van der Waals surface area (Å²) >= 11 is 0. The van der Waals surface area contributed by atoms with E-state index in [1.54, 1.807) is 12.5 Å². The third-order valence-electron chi connectivity index (χ3n) is 7.17. The van der Waals surface area contributed by atoms with E-state index in [4.69, 9.17) is 4.42 Å². The average molecular weight is 496 g/mol. The molecule has 1 aromatic carbocycles. The van der Waals surface area contributed by atoms with Crippen LogP contribution in [0.4, 0.5) is 0 Å². The Labute approximate surface area is 214 Å². The molecule has 0 amide bonds. The number of hydrogen-bond acceptors (Lipinski definition) is 7. The molecular weight excluding hydrogens is 466 g/mol. The highest BCUT2D eigenvalue weighted by molar-refractivity contribution is 5.79. The van der Waals surface area contributed by atoms with Gasteiger partial charge in [-0.25, -0.2) is 4.68 Å². The number of aromatic amines is 1. The summed E-state index contributed by atoms with van der Waals surface area (Å²) in [6.07, 6.45) is 9.62. The van der Waals surface area contributed by atoms with Gasteiger partial charge < -0.3 is 9.40 Å². The average Bonchev–Trinajstić information content (AvgIpc) is 3.69. The van der Waals surface area contributed by atoms with Crippen molar-refractivity contribution < 1.29 is 4.42 Å². The molecule has 0 bridgehead atoms. The molecule has 1 atom stereocenters. The maximum absolute atomic E-state index is 13.7. The third kappa shape index (κ3) is 4.82. The maximum atomic E-state index is 13.7. The molecule has 6 rings (SSSR count). The molecule has 1 aliphatic rings. The zero-order valence-corrected chi connectivity index (χ0v) is 20.7. The molecule has 9 heteroatoms. The Morgan fingerprint density at radius 2 is 2.03 bits per heavy atom. The van der Waals surface area contributed by atoms with Crippen molar-refractivity contribution in [2.75, 3.05) is 0 Å². The predicted molar refractivity (Wildman–Crippen MR) is 139 cm³/mol. The molecule has 1 fully saturated rings. The van der Waals surface area contributed by atoms with Crippen LogP contribution in [-0.4, -0.2) is 35.1 Å². The predicted octanol–water partition coefficient (Wildman–Crippen LogP) is 4.72. The number of aryl methyl sites for hydroxylation is 1. The number of aromatic nitrogens is 6. The molecule has 9 nitrogen and oxygen atoms in total. The van der Waals surface area contributed by atoms with Gasteiger partial charge in [-0.05, 0) is 77.5 Å². The van der Waals surface area contributed by atoms with Gasteiger partial charge in [0.2, 0.25) is 0 Å². The lowest BCUT2D eigenvalue weighted by atomic mass is 10.0. The standard InChI is InChI=1S/C28H29N7O2/c1-19-10-11-25-21(14-19)15-24(28(36)30-25)26(27-31-32-33-35(27)22-7-2-3-8-22)34(18-23-9-5-13-37-23)17-20-6-4-12-29-16-20/h4-6,9-16,22,26H,2-3,7-8,17-18H2,1H3,(H,30,36)/t26-/m0/s1. The molecule has 4 aromatic heterocycles. The van der Waals surface area contributed by atoms with E-state index in [2.05, 4.69) is 36.5 Å². The van der Waals surface area contributed by atoms with Crippen LogP contribution in [0.2, 0.25) is 0 Å². The molecule has 0 aliphatic heterocycles. The first-order valence-corrected chi connectivity index (χ1v) is 12.7. The van der Waals surface area contributed by atoms with Crippen molar-refractivity contribution >= 4 is 10.9 Å². The molecule has 1 N–H and O–H groups in total. The maximum Gasteiger partial charge on any atom is 0.253 e. The highest BCUT2D eigenvalue weighted by Crippen LogP contribution is 2.35. The first-order chi connectivity index (χ1) is 18.2. The Hall–Kier alpha value is -4.11. The topological polar surface area (TPSA) is 106 Å². The van der Waals surface area contributed by atoms with Gasteiger partial charge >= 0.3 is 0 Å². The van der Waals surface area contributed by atoms with Crippen LogP contribution < -0.4 is 5.56 Å². The number of hydrogen-bond donors (Lipinski definition) is 1. The first kappa shape index (κ1) is 23.3. The van der Waals surface area contributed by atoms with Gasteiger partial charge in [0.1, 0.15) is 11.8 Å². The fourth-order valence-electron chi connectivity index (χ4n) is 5.40. The lowest BCUT2D eigenvalue weighted by Crippen LogP contribution is -2.35. The van der Waals surface area contributed by atoms with Gasteiger partial charge in [0.05, 0.1) is 18.8 Å². The van der Waals surface area contributed by atoms with Crippen molar-refractivity contribution in [1.29, 1.82) is 0 Å². The number of benzene rings is 1. The van der Waals surface area contributed by atoms with E-state index in [9.17, 15) is 4.79 Å². The highest BCUT2D eigenvalue weighted by atomic mass is 16.3. The number of nitrogens with zero attached hydrogens (tertiary/aromatic N) is 6. The van der Waals surface area contributed by atoms with Gasteiger partial charge in [0.15, 0.2) is 5.82 Å². The van der Waals surface area contributed by atoms with Gasteiger partial charge in [0.25, 0.3) is 5.56 Å². The van der Waals surface area contributed by atoms with Crippen molar-refractivity contribution in [1.82, 2.24) is 35.1 Å². The SMILES string of the molecule is Cc1ccc2[nH]c(=O)c([C@@H](c3nnnn3C3CCCC3)N(Cc3cccnc3)Cc3ccco3)cc2c1. The van der Waals surface area contributed by atoms with Crippen molar-refractivity contribution in [3.63, 3.8) is 0 Å². The molecule has 0 unspecified atom stereocenters. The zero-order chi connectivity index (χ0) is 25.2. The molecule has 37 heavy (non-hydrogen) atoms. The molecule has 1 saturated carbocycles. The number of fused-ring (bicyclic) bond motifs is 1. The van der Waals surface area contributed by atoms with Gasteiger partial charge in [-0.15, -0.1) is 5.10 Å². The Morgan fingerprint density at radius 3 is 2.81 bits per heavy atom. The Bertz CT molecular complexity index is 1540. The summed E-state index contributed by atoms with van der Waals surface area (Å²) in [5.74, 6) is 1.46. The number of H-pyrrole nitrogens is 1. The number of nitrogens with one attached hydrogen (secondary N) is 1. The molecule has 0 radical (unpaired) electrons. The largest absolute Gasteiger partial charge is 0.468 e. The van der Waals surface area contributed by atoms with E-state index in [1.165, 1.54) is 0 Å². The zero-order valence-electron chi connectivity index (χ0n) is 20.7. The van der Waals surface area contributed by atoms with E-state index in [0.29, 0.717) is 24.5 Å². The highest BCUT2D eigenvalue weighted by Gasteiger charge is 2.33. The van der Waals surface area contributed by atoms with Gasteiger partial charge in [-0.3, -0.25) is 14.7 Å². The van der Waals surface area contributed by atoms with Crippen molar-refractivity contribution in [3.05, 3.63) is 106 Å². The third-order valence-corrected chi connectivity index (χ3v) is 7.17. The molecular formula is C28H29N7O2. The minimum atomic E-state index is -0.505. The van der Waals surface area contributed by atoms with Crippen molar-refractivity contribution in [2.24, 2.45) is 0 Å². The number of tetrazole rings is 1. The Kier molecular flexibility index (Phi) is 6.36. The molecule has 1 aliphatic carbocycles. The summed E-state index contributed by atoms with van der Waals surface area (Å²) in [5.41, 5.74) is 3.39. The number of rotatable bonds is 8. The Balaban J connectivity index is 1.54. The van der Waals surface area contributed by atoms with E-state index in [-0.39, 0.29) is 11.6 Å². The van der Waals surface area contributed by atoms with E-state index < -0.39 is 6.04 Å². The second-order valence-electron chi connectivity index (χ2n) is 9.81. The van der Waals surface area contributed by atoms with Crippen LogP contribution in [0, 0.1) is 6.92 Å². The molecule has 5 aromatic rings. The van der Waals surface area contributed by atoms with Crippen LogP contribution in [-0.2, 0) is 13.1 Å². The van der Waals surface area contributed by atoms with E-state index in [1.807, 2.05) is 60.3 Å². The lowest BCUT2D eigenvalue weighted by Gasteiger charge is -2.31. The summed E-state index contributed by atoms with van der Waals surface area (Å²) in [4.78, 5) is 23.3. The van der Waals surface area contributed by atoms with Gasteiger partial charge in [0, 0.05) is 30.0 Å². The van der Waals surface area contributed by atoms with Crippen LogP contribution in [0.1, 0.15) is 66.0 Å². The van der Waals surface area contributed by atoms with Crippen molar-refractivity contribution in [3.8, 4) is 0 Å². The molecule has 4 heterocycles. The van der Waals surface area contributed by atoms with Crippen LogP contribution in [0.5, 0.6) is 0 Å². The number of furan rings is 1. The summed E-state index contributed by atoms with van der Waals surface area (Å²) in [6, 6.07) is 15.5. The smallest absolute Gasteiger partial charge is 0.253 e. The van der Waals surface area contributed by atoms with Crippen LogP contribution in [0.15, 0.2) is 76.4 Å². The van der Waals surface area contributed by atoms with Crippen LogP contribution >= 0.6 is 0 Å². The fourth-order valence-corrected chi connectivity index (χ4v) is 5.40. The van der Waals surface area contributed by atoms with Crippen molar-refractivity contribution in [2.45, 2.75) is 57.8 Å². The molecule has 0 saturated heterocycles. The molecule has 188 valence electrons. The minimum absolute atomic E-state index is 0.155. The van der Waals surface area contributed by atoms with Gasteiger partial charge in [-0.2, -0.15) is 0 Å².